The molecule has 0 bridgehead atoms. The van der Waals surface area contributed by atoms with E-state index in [0.29, 0.717) is 5.92 Å². The summed E-state index contributed by atoms with van der Waals surface area (Å²) >= 11 is 0. The molecule has 16 heavy (non-hydrogen) atoms. The van der Waals surface area contributed by atoms with Crippen molar-refractivity contribution < 1.29 is 5.11 Å². The molecule has 0 aliphatic carbocycles. The van der Waals surface area contributed by atoms with Crippen LogP contribution in [0.25, 0.3) is 5.69 Å². The van der Waals surface area contributed by atoms with Crippen molar-refractivity contribution in [1.29, 1.82) is 0 Å². The second-order valence-corrected chi connectivity index (χ2v) is 4.25. The maximum absolute atomic E-state index is 9.00. The lowest BCUT2D eigenvalue weighted by Gasteiger charge is -2.09. The molecule has 0 saturated heterocycles. The minimum absolute atomic E-state index is 0.249. The van der Waals surface area contributed by atoms with Gasteiger partial charge in [0.05, 0.1) is 0 Å². The van der Waals surface area contributed by atoms with Crippen LogP contribution in [0.15, 0.2) is 48.8 Å². The van der Waals surface area contributed by atoms with E-state index in [-0.39, 0.29) is 6.61 Å². The summed E-state index contributed by atoms with van der Waals surface area (Å²) in [6.07, 6.45) is 5.00. The van der Waals surface area contributed by atoms with Gasteiger partial charge in [-0.05, 0) is 42.2 Å². The van der Waals surface area contributed by atoms with E-state index < -0.39 is 0 Å². The van der Waals surface area contributed by atoms with Crippen LogP contribution in [-0.4, -0.2) is 16.3 Å². The number of aromatic nitrogens is 1. The van der Waals surface area contributed by atoms with Gasteiger partial charge in [0, 0.05) is 24.7 Å². The Morgan fingerprint density at radius 3 is 2.31 bits per heavy atom. The van der Waals surface area contributed by atoms with Crippen LogP contribution in [0.4, 0.5) is 0 Å². The summed E-state index contributed by atoms with van der Waals surface area (Å²) in [7, 11) is 0. The minimum Gasteiger partial charge on any atom is -0.396 e. The summed E-state index contributed by atoms with van der Waals surface area (Å²) in [5, 5.41) is 9.00. The summed E-state index contributed by atoms with van der Waals surface area (Å²) in [6, 6.07) is 12.5. The molecule has 0 fully saturated rings. The van der Waals surface area contributed by atoms with E-state index in [2.05, 4.69) is 35.8 Å². The average Bonchev–Trinajstić information content (AvgIpc) is 2.83. The molecule has 1 aromatic heterocycles. The van der Waals surface area contributed by atoms with Crippen LogP contribution < -0.4 is 0 Å². The zero-order valence-corrected chi connectivity index (χ0v) is 9.50. The average molecular weight is 215 g/mol. The van der Waals surface area contributed by atoms with Gasteiger partial charge in [0.25, 0.3) is 0 Å². The Labute approximate surface area is 96.2 Å². The van der Waals surface area contributed by atoms with Crippen LogP contribution in [0.5, 0.6) is 0 Å². The zero-order valence-electron chi connectivity index (χ0n) is 9.50. The summed E-state index contributed by atoms with van der Waals surface area (Å²) in [6.45, 7) is 2.30. The molecule has 1 heterocycles. The fourth-order valence-electron chi connectivity index (χ4n) is 1.78. The van der Waals surface area contributed by atoms with E-state index in [4.69, 9.17) is 5.11 Å². The van der Waals surface area contributed by atoms with Crippen LogP contribution in [0.2, 0.25) is 0 Å². The molecule has 2 aromatic rings. The smallest absolute Gasteiger partial charge is 0.0459 e. The second kappa shape index (κ2) is 4.99. The Balaban J connectivity index is 2.11. The van der Waals surface area contributed by atoms with Crippen molar-refractivity contribution in [3.8, 4) is 5.69 Å². The number of benzene rings is 1. The highest BCUT2D eigenvalue weighted by molar-refractivity contribution is 5.35. The number of aliphatic hydroxyl groups excluding tert-OH is 1. The van der Waals surface area contributed by atoms with Crippen molar-refractivity contribution in [2.45, 2.75) is 13.3 Å². The Hall–Kier alpha value is -1.54. The third-order valence-corrected chi connectivity index (χ3v) is 2.73. The monoisotopic (exact) mass is 215 g/mol. The molecule has 0 aliphatic heterocycles. The summed E-state index contributed by atoms with van der Waals surface area (Å²) in [5.41, 5.74) is 2.45. The lowest BCUT2D eigenvalue weighted by atomic mass is 10.0. The fraction of sp³-hybridized carbons (Fsp3) is 0.286. The van der Waals surface area contributed by atoms with Gasteiger partial charge in [0.15, 0.2) is 0 Å². The first-order valence-electron chi connectivity index (χ1n) is 5.62. The normalized spacial score (nSPS) is 12.6. The van der Waals surface area contributed by atoms with Gasteiger partial charge >= 0.3 is 0 Å². The highest BCUT2D eigenvalue weighted by Gasteiger charge is 2.02. The lowest BCUT2D eigenvalue weighted by molar-refractivity contribution is 0.237. The molecule has 0 saturated carbocycles. The molecule has 0 spiro atoms. The molecule has 0 unspecified atom stereocenters. The van der Waals surface area contributed by atoms with Crippen molar-refractivity contribution in [1.82, 2.24) is 4.57 Å². The summed E-state index contributed by atoms with van der Waals surface area (Å²) in [5.74, 6) is 0.331. The van der Waals surface area contributed by atoms with Gasteiger partial charge in [-0.3, -0.25) is 0 Å². The Kier molecular flexibility index (Phi) is 3.42. The Bertz CT molecular complexity index is 417. The minimum atomic E-state index is 0.249. The number of rotatable bonds is 4. The predicted molar refractivity (Wildman–Crippen MR) is 65.7 cm³/mol. The molecular formula is C14H17NO. The quantitative estimate of drug-likeness (QED) is 0.833. The maximum Gasteiger partial charge on any atom is 0.0459 e. The van der Waals surface area contributed by atoms with E-state index in [1.165, 1.54) is 11.3 Å². The molecule has 0 aliphatic rings. The molecule has 2 heteroatoms. The van der Waals surface area contributed by atoms with Crippen molar-refractivity contribution in [3.63, 3.8) is 0 Å². The predicted octanol–water partition coefficient (Wildman–Crippen LogP) is 2.65. The molecule has 2 rings (SSSR count). The van der Waals surface area contributed by atoms with Crippen molar-refractivity contribution in [2.24, 2.45) is 5.92 Å². The molecule has 2 nitrogen and oxygen atoms in total. The van der Waals surface area contributed by atoms with Crippen LogP contribution in [0, 0.1) is 5.92 Å². The first-order chi connectivity index (χ1) is 7.79. The van der Waals surface area contributed by atoms with Crippen molar-refractivity contribution in [3.05, 3.63) is 54.4 Å². The molecule has 1 atom stereocenters. The van der Waals surface area contributed by atoms with Crippen LogP contribution >= 0.6 is 0 Å². The number of hydrogen-bond donors (Lipinski definition) is 1. The van der Waals surface area contributed by atoms with Gasteiger partial charge in [-0.25, -0.2) is 0 Å². The first kappa shape index (κ1) is 11.0. The van der Waals surface area contributed by atoms with E-state index in [1.54, 1.807) is 0 Å². The molecular weight excluding hydrogens is 198 g/mol. The Morgan fingerprint density at radius 2 is 1.75 bits per heavy atom. The van der Waals surface area contributed by atoms with Gasteiger partial charge < -0.3 is 9.67 Å². The van der Waals surface area contributed by atoms with Gasteiger partial charge in [-0.2, -0.15) is 0 Å². The summed E-state index contributed by atoms with van der Waals surface area (Å²) in [4.78, 5) is 0. The largest absolute Gasteiger partial charge is 0.396 e. The van der Waals surface area contributed by atoms with E-state index in [9.17, 15) is 0 Å². The lowest BCUT2D eigenvalue weighted by Crippen LogP contribution is -2.04. The second-order valence-electron chi connectivity index (χ2n) is 4.25. The summed E-state index contributed by atoms with van der Waals surface area (Å²) < 4.78 is 2.08. The van der Waals surface area contributed by atoms with E-state index in [0.717, 1.165) is 6.42 Å². The van der Waals surface area contributed by atoms with Crippen LogP contribution in [-0.2, 0) is 6.42 Å². The van der Waals surface area contributed by atoms with Gasteiger partial charge in [0.2, 0.25) is 0 Å². The highest BCUT2D eigenvalue weighted by atomic mass is 16.3. The van der Waals surface area contributed by atoms with Gasteiger partial charge in [0.1, 0.15) is 0 Å². The number of aliphatic hydroxyl groups is 1. The van der Waals surface area contributed by atoms with Gasteiger partial charge in [-0.1, -0.05) is 19.1 Å². The van der Waals surface area contributed by atoms with E-state index in [1.807, 2.05) is 24.5 Å². The SMILES string of the molecule is C[C@@H](CO)Cc1ccc(-n2cccc2)cc1. The molecule has 0 amide bonds. The fourth-order valence-corrected chi connectivity index (χ4v) is 1.78. The molecule has 1 aromatic carbocycles. The molecule has 1 N–H and O–H groups in total. The third-order valence-electron chi connectivity index (χ3n) is 2.73. The maximum atomic E-state index is 9.00. The highest BCUT2D eigenvalue weighted by Crippen LogP contribution is 2.13. The number of hydrogen-bond acceptors (Lipinski definition) is 1. The first-order valence-corrected chi connectivity index (χ1v) is 5.62. The van der Waals surface area contributed by atoms with Crippen LogP contribution in [0.3, 0.4) is 0 Å². The molecule has 84 valence electrons. The topological polar surface area (TPSA) is 25.2 Å². The van der Waals surface area contributed by atoms with Gasteiger partial charge in [-0.15, -0.1) is 0 Å². The van der Waals surface area contributed by atoms with Crippen molar-refractivity contribution >= 4 is 0 Å². The van der Waals surface area contributed by atoms with Crippen molar-refractivity contribution in [2.75, 3.05) is 6.61 Å². The van der Waals surface area contributed by atoms with E-state index >= 15 is 0 Å². The Morgan fingerprint density at radius 1 is 1.12 bits per heavy atom. The molecule has 0 radical (unpaired) electrons. The third kappa shape index (κ3) is 2.52. The van der Waals surface area contributed by atoms with Crippen LogP contribution in [0.1, 0.15) is 12.5 Å². The standard InChI is InChI=1S/C14H17NO/c1-12(11-16)10-13-4-6-14(7-5-13)15-8-2-3-9-15/h2-9,12,16H,10-11H2,1H3/t12-/m1/s1. The number of nitrogens with zero attached hydrogens (tertiary/aromatic N) is 1. The zero-order chi connectivity index (χ0) is 11.4.